The fourth-order valence-corrected chi connectivity index (χ4v) is 7.19. The Morgan fingerprint density at radius 3 is 2.62 bits per heavy atom. The van der Waals surface area contributed by atoms with E-state index in [9.17, 15) is 9.59 Å². The molecule has 10 nitrogen and oxygen atoms in total. The zero-order valence-corrected chi connectivity index (χ0v) is 24.4. The molecule has 2 N–H and O–H groups in total. The molecule has 1 aliphatic heterocycles. The predicted octanol–water partition coefficient (Wildman–Crippen LogP) is 3.58. The Morgan fingerprint density at radius 2 is 1.90 bits per heavy atom. The predicted molar refractivity (Wildman–Crippen MR) is 155 cm³/mol. The summed E-state index contributed by atoms with van der Waals surface area (Å²) in [6, 6.07) is 9.32. The Balaban J connectivity index is 1.20. The van der Waals surface area contributed by atoms with Crippen molar-refractivity contribution in [3.63, 3.8) is 0 Å². The molecule has 2 aromatic heterocycles. The highest BCUT2D eigenvalue weighted by molar-refractivity contribution is 6.47. The summed E-state index contributed by atoms with van der Waals surface area (Å²) in [5, 5.41) is 5.98. The summed E-state index contributed by atoms with van der Waals surface area (Å²) in [6.07, 6.45) is 11.7. The molecule has 11 heteroatoms. The fourth-order valence-electron chi connectivity index (χ4n) is 7.19. The highest BCUT2D eigenvalue weighted by atomic mass is 16.7. The fraction of sp³-hybridized carbons (Fsp3) is 0.516. The molecule has 3 saturated carbocycles. The van der Waals surface area contributed by atoms with Gasteiger partial charge in [0, 0.05) is 12.4 Å². The molecule has 1 aromatic carbocycles. The van der Waals surface area contributed by atoms with Gasteiger partial charge in [0.1, 0.15) is 18.0 Å². The number of aryl methyl sites for hydroxylation is 1. The molecule has 6 atom stereocenters. The van der Waals surface area contributed by atoms with Crippen LogP contribution in [0.15, 0.2) is 65.8 Å². The zero-order chi connectivity index (χ0) is 29.3. The molecular formula is C31H38BN5O5. The van der Waals surface area contributed by atoms with Gasteiger partial charge in [-0.3, -0.25) is 14.6 Å². The van der Waals surface area contributed by atoms with Crippen LogP contribution in [-0.4, -0.2) is 57.6 Å². The van der Waals surface area contributed by atoms with Crippen molar-refractivity contribution in [2.45, 2.75) is 83.0 Å². The van der Waals surface area contributed by atoms with E-state index in [1.807, 2.05) is 18.2 Å². The lowest BCUT2D eigenvalue weighted by Gasteiger charge is -2.64. The Bertz CT molecular complexity index is 1370. The van der Waals surface area contributed by atoms with E-state index < -0.39 is 30.6 Å². The summed E-state index contributed by atoms with van der Waals surface area (Å²) >= 11 is 0. The smallest absolute Gasteiger partial charge is 0.449 e. The van der Waals surface area contributed by atoms with Crippen LogP contribution in [0.25, 0.3) is 0 Å². The van der Waals surface area contributed by atoms with Crippen LogP contribution in [-0.2, 0) is 26.9 Å². The van der Waals surface area contributed by atoms with Gasteiger partial charge < -0.3 is 24.4 Å². The SMILES string of the molecule is CC1(C)[C@@H]2C[C@H]3OB([C@H](CCCc4ccccc4)NC(=O)[C@@H](Cc4ncco4)NC(=O)c4cnccn4)O[C@@]3(C)[C@H]1C2. The number of oxazole rings is 1. The van der Waals surface area contributed by atoms with E-state index in [0.717, 1.165) is 25.7 Å². The van der Waals surface area contributed by atoms with Gasteiger partial charge in [0.2, 0.25) is 5.91 Å². The molecule has 4 fully saturated rings. The van der Waals surface area contributed by atoms with Crippen molar-refractivity contribution in [2.24, 2.45) is 17.3 Å². The van der Waals surface area contributed by atoms with E-state index in [1.165, 1.54) is 36.6 Å². The van der Waals surface area contributed by atoms with Gasteiger partial charge in [-0.2, -0.15) is 0 Å². The van der Waals surface area contributed by atoms with Gasteiger partial charge >= 0.3 is 7.12 Å². The Kier molecular flexibility index (Phi) is 7.89. The van der Waals surface area contributed by atoms with Gasteiger partial charge in [-0.15, -0.1) is 0 Å². The lowest BCUT2D eigenvalue weighted by molar-refractivity contribution is -0.199. The maximum absolute atomic E-state index is 13.9. The van der Waals surface area contributed by atoms with Gasteiger partial charge in [0.05, 0.1) is 36.5 Å². The maximum atomic E-state index is 13.9. The molecule has 0 spiro atoms. The minimum atomic E-state index is -0.958. The number of amides is 2. The second-order valence-electron chi connectivity index (χ2n) is 12.6. The number of aromatic nitrogens is 3. The standard InChI is InChI=1S/C31H38BN5O5/c1-30(2)21-16-24(30)31(3)25(17-21)41-32(42-31)26(11-7-10-20-8-5-4-6-9-20)37-28(38)22(18-27-35-14-15-40-27)36-29(39)23-19-33-12-13-34-23/h4-6,8-9,12-15,19,21-22,24-26H,7,10-11,16-18H2,1-3H3,(H,36,39)(H,37,38)/t21-,22+,24-,25+,26-,31-/m0/s1. The average molecular weight is 571 g/mol. The molecule has 2 bridgehead atoms. The van der Waals surface area contributed by atoms with Gasteiger partial charge in [-0.25, -0.2) is 9.97 Å². The van der Waals surface area contributed by atoms with Gasteiger partial charge in [0.25, 0.3) is 5.91 Å². The van der Waals surface area contributed by atoms with Crippen molar-refractivity contribution >= 4 is 18.9 Å². The van der Waals surface area contributed by atoms with Crippen LogP contribution >= 0.6 is 0 Å². The van der Waals surface area contributed by atoms with Crippen LogP contribution in [0.2, 0.25) is 0 Å². The first kappa shape index (κ1) is 28.5. The largest absolute Gasteiger partial charge is 0.481 e. The van der Waals surface area contributed by atoms with Gasteiger partial charge in [0.15, 0.2) is 5.89 Å². The third-order valence-corrected chi connectivity index (χ3v) is 9.73. The van der Waals surface area contributed by atoms with Crippen LogP contribution < -0.4 is 10.6 Å². The summed E-state index contributed by atoms with van der Waals surface area (Å²) in [4.78, 5) is 39.0. The highest BCUT2D eigenvalue weighted by Crippen LogP contribution is 2.65. The maximum Gasteiger partial charge on any atom is 0.481 e. The molecule has 220 valence electrons. The van der Waals surface area contributed by atoms with Gasteiger partial charge in [-0.05, 0) is 61.8 Å². The van der Waals surface area contributed by atoms with Crippen LogP contribution in [0.3, 0.4) is 0 Å². The lowest BCUT2D eigenvalue weighted by Crippen LogP contribution is -2.65. The summed E-state index contributed by atoms with van der Waals surface area (Å²) in [7, 11) is -0.590. The summed E-state index contributed by atoms with van der Waals surface area (Å²) < 4.78 is 18.8. The van der Waals surface area contributed by atoms with E-state index >= 15 is 0 Å². The molecule has 3 aromatic rings. The molecule has 7 rings (SSSR count). The Hall–Kier alpha value is -3.57. The highest BCUT2D eigenvalue weighted by Gasteiger charge is 2.68. The third-order valence-electron chi connectivity index (χ3n) is 9.73. The summed E-state index contributed by atoms with van der Waals surface area (Å²) in [5.74, 6) is 0.0730. The van der Waals surface area contributed by atoms with Crippen LogP contribution in [0.5, 0.6) is 0 Å². The molecule has 1 saturated heterocycles. The summed E-state index contributed by atoms with van der Waals surface area (Å²) in [5.41, 5.74) is 1.16. The average Bonchev–Trinajstić information content (AvgIpc) is 3.64. The van der Waals surface area contributed by atoms with Crippen molar-refractivity contribution in [2.75, 3.05) is 0 Å². The third kappa shape index (κ3) is 5.59. The van der Waals surface area contributed by atoms with E-state index in [-0.39, 0.29) is 29.5 Å². The number of carbonyl (C=O) groups is 2. The molecule has 2 amide bonds. The molecule has 0 radical (unpaired) electrons. The molecule has 3 aliphatic carbocycles. The first-order chi connectivity index (χ1) is 20.2. The normalized spacial score (nSPS) is 26.9. The number of nitrogens with zero attached hydrogens (tertiary/aromatic N) is 3. The van der Waals surface area contributed by atoms with E-state index in [4.69, 9.17) is 13.7 Å². The van der Waals surface area contributed by atoms with E-state index in [2.05, 4.69) is 58.5 Å². The number of nitrogens with one attached hydrogen (secondary N) is 2. The number of hydrogen-bond acceptors (Lipinski definition) is 8. The Labute approximate surface area is 246 Å². The molecular weight excluding hydrogens is 533 g/mol. The lowest BCUT2D eigenvalue weighted by atomic mass is 9.43. The van der Waals surface area contributed by atoms with Crippen molar-refractivity contribution in [3.05, 3.63) is 78.5 Å². The minimum absolute atomic E-state index is 0.00715. The molecule has 42 heavy (non-hydrogen) atoms. The quantitative estimate of drug-likeness (QED) is 0.335. The first-order valence-electron chi connectivity index (χ1n) is 14.9. The van der Waals surface area contributed by atoms with Crippen LogP contribution in [0, 0.1) is 17.3 Å². The summed E-state index contributed by atoms with van der Waals surface area (Å²) in [6.45, 7) is 6.83. The molecule has 4 aliphatic rings. The topological polar surface area (TPSA) is 128 Å². The zero-order valence-electron chi connectivity index (χ0n) is 24.4. The first-order valence-corrected chi connectivity index (χ1v) is 14.9. The van der Waals surface area contributed by atoms with Crippen molar-refractivity contribution < 1.29 is 23.3 Å². The second kappa shape index (κ2) is 11.6. The number of rotatable bonds is 11. The number of carbonyl (C=O) groups excluding carboxylic acids is 2. The van der Waals surface area contributed by atoms with Crippen molar-refractivity contribution in [3.8, 4) is 0 Å². The van der Waals surface area contributed by atoms with E-state index in [0.29, 0.717) is 24.1 Å². The number of hydrogen-bond donors (Lipinski definition) is 2. The molecule has 0 unspecified atom stereocenters. The van der Waals surface area contributed by atoms with Gasteiger partial charge in [-0.1, -0.05) is 44.2 Å². The number of benzene rings is 1. The minimum Gasteiger partial charge on any atom is -0.449 e. The van der Waals surface area contributed by atoms with Crippen molar-refractivity contribution in [1.29, 1.82) is 0 Å². The van der Waals surface area contributed by atoms with E-state index in [1.54, 1.807) is 0 Å². The second-order valence-corrected chi connectivity index (χ2v) is 12.6. The van der Waals surface area contributed by atoms with Crippen LogP contribution in [0.4, 0.5) is 0 Å². The molecule has 3 heterocycles. The monoisotopic (exact) mass is 571 g/mol. The van der Waals surface area contributed by atoms with Crippen molar-refractivity contribution in [1.82, 2.24) is 25.6 Å². The Morgan fingerprint density at radius 1 is 1.07 bits per heavy atom. The van der Waals surface area contributed by atoms with Crippen LogP contribution in [0.1, 0.15) is 68.4 Å².